The smallest absolute Gasteiger partial charge is 0.416 e. The first kappa shape index (κ1) is 20.3. The fourth-order valence-corrected chi connectivity index (χ4v) is 1.49. The van der Waals surface area contributed by atoms with Gasteiger partial charge in [-0.15, -0.1) is 0 Å². The van der Waals surface area contributed by atoms with Crippen molar-refractivity contribution in [3.63, 3.8) is 0 Å². The molecule has 1 heterocycles. The molecule has 0 aliphatic carbocycles. The van der Waals surface area contributed by atoms with E-state index in [0.717, 1.165) is 12.1 Å². The van der Waals surface area contributed by atoms with Crippen molar-refractivity contribution in [3.8, 4) is 0 Å². The van der Waals surface area contributed by atoms with E-state index in [1.54, 1.807) is 0 Å². The van der Waals surface area contributed by atoms with E-state index in [4.69, 9.17) is 36.7 Å². The molecular weight excluding hydrogens is 375 g/mol. The Morgan fingerprint density at radius 3 is 1.86 bits per heavy atom. The Hall–Kier alpha value is -0.667. The molecule has 112 valence electrons. The van der Waals surface area contributed by atoms with Crippen molar-refractivity contribution in [1.82, 2.24) is 9.97 Å². The fraction of sp³-hybridized carbons (Fsp3) is 0.273. The maximum Gasteiger partial charge on any atom is 0.416 e. The Morgan fingerprint density at radius 2 is 1.43 bits per heavy atom. The summed E-state index contributed by atoms with van der Waals surface area (Å²) in [5.74, 6) is 0. The summed E-state index contributed by atoms with van der Waals surface area (Å²) < 4.78 is 37.2. The molecule has 0 atom stereocenters. The summed E-state index contributed by atoms with van der Waals surface area (Å²) >= 11 is 9.55. The van der Waals surface area contributed by atoms with Gasteiger partial charge < -0.3 is 36.7 Å². The number of aromatic nitrogens is 2. The maximum absolute atomic E-state index is 12.4. The summed E-state index contributed by atoms with van der Waals surface area (Å²) in [5.41, 5.74) is 12.2. The fourth-order valence-electron chi connectivity index (χ4n) is 1.20. The molecule has 2 rings (SSSR count). The Labute approximate surface area is 143 Å². The minimum atomic E-state index is -4.40. The predicted octanol–water partition coefficient (Wildman–Crippen LogP) is 3.55. The van der Waals surface area contributed by atoms with E-state index >= 15 is 0 Å². The van der Waals surface area contributed by atoms with Crippen LogP contribution in [0.5, 0.6) is 0 Å². The molecule has 0 radical (unpaired) electrons. The number of rotatable bonds is 1. The molecule has 0 aliphatic rings. The Morgan fingerprint density at radius 1 is 0.952 bits per heavy atom. The van der Waals surface area contributed by atoms with Crippen LogP contribution in [0, 0.1) is 0 Å². The van der Waals surface area contributed by atoms with E-state index in [1.807, 2.05) is 0 Å². The van der Waals surface area contributed by atoms with Gasteiger partial charge in [0.2, 0.25) is 0 Å². The third kappa shape index (κ3) is 5.92. The number of halogens is 3. The summed E-state index contributed by atoms with van der Waals surface area (Å²) in [6, 6.07) is 3.08. The van der Waals surface area contributed by atoms with Crippen molar-refractivity contribution in [3.05, 3.63) is 35.2 Å². The molecule has 0 fully saturated rings. The molecule has 0 saturated carbocycles. The van der Waals surface area contributed by atoms with Gasteiger partial charge in [0.25, 0.3) is 0 Å². The first-order valence-electron chi connectivity index (χ1n) is 5.31. The van der Waals surface area contributed by atoms with Crippen LogP contribution in [-0.2, 0) is 50.9 Å². The van der Waals surface area contributed by atoms with Crippen LogP contribution in [0.2, 0.25) is 0 Å². The second-order valence-corrected chi connectivity index (χ2v) is 4.31. The van der Waals surface area contributed by atoms with E-state index in [-0.39, 0.29) is 48.1 Å². The van der Waals surface area contributed by atoms with Gasteiger partial charge in [0.1, 0.15) is 0 Å². The maximum atomic E-state index is 12.4. The van der Waals surface area contributed by atoms with Gasteiger partial charge in [-0.25, -0.2) is 0 Å². The van der Waals surface area contributed by atoms with Crippen LogP contribution in [0.15, 0.2) is 28.3 Å². The minimum absolute atomic E-state index is 0. The summed E-state index contributed by atoms with van der Waals surface area (Å²) in [6.45, 7) is 0.472. The summed E-state index contributed by atoms with van der Waals surface area (Å²) in [7, 11) is 0. The number of nitrogens with one attached hydrogen (secondary N) is 2. The van der Waals surface area contributed by atoms with Gasteiger partial charge >= 0.3 is 6.18 Å². The molecule has 1 aromatic heterocycles. The van der Waals surface area contributed by atoms with E-state index in [2.05, 4.69) is 9.97 Å². The standard InChI is InChI=1S/C9H5F3N2S2.C2H6N2.Zn/c10-9(11,12)4-1-2-5-6(3-4)14-8(16)7(15)13-5;3-1-2-4;/h1-3H,(H,13,15)(H,14,16);3-4H,1-2H2;/q;-2;/p-2. The largest absolute Gasteiger partial charge is 0.760 e. The topological polar surface area (TPSA) is 73.4 Å². The third-order valence-corrected chi connectivity index (χ3v) is 2.75. The molecule has 2 N–H and O–H groups in total. The molecule has 0 bridgehead atoms. The molecule has 4 nitrogen and oxygen atoms in total. The molecule has 0 amide bonds. The Kier molecular flexibility index (Phi) is 8.42. The monoisotopic (exact) mass is 382 g/mol. The van der Waals surface area contributed by atoms with E-state index in [0.29, 0.717) is 5.52 Å². The SMILES string of the molecule is FC(F)(F)c1ccc2nc([S-])c([S-])nc2c1.[NH-]CC[NH-].[Zn]. The summed E-state index contributed by atoms with van der Waals surface area (Å²) in [6.07, 6.45) is -4.40. The second kappa shape index (κ2) is 8.70. The normalized spacial score (nSPS) is 10.5. The van der Waals surface area contributed by atoms with Crippen LogP contribution in [0.25, 0.3) is 22.5 Å². The molecule has 2 aromatic rings. The van der Waals surface area contributed by atoms with Crippen molar-refractivity contribution < 1.29 is 32.6 Å². The third-order valence-electron chi connectivity index (χ3n) is 2.05. The molecule has 0 saturated heterocycles. The molecule has 10 heteroatoms. The van der Waals surface area contributed by atoms with Crippen LogP contribution in [0.1, 0.15) is 5.56 Å². The quantitative estimate of drug-likeness (QED) is 0.557. The van der Waals surface area contributed by atoms with Gasteiger partial charge in [-0.2, -0.15) is 26.3 Å². The van der Waals surface area contributed by atoms with E-state index < -0.39 is 11.7 Å². The number of hydrogen-bond donors (Lipinski definition) is 0. The molecular formula is C11H9F3N4S2Zn-4. The number of hydrogen-bond acceptors (Lipinski definition) is 4. The predicted molar refractivity (Wildman–Crippen MR) is 74.2 cm³/mol. The number of alkyl halides is 3. The van der Waals surface area contributed by atoms with Crippen molar-refractivity contribution in [1.29, 1.82) is 0 Å². The van der Waals surface area contributed by atoms with Crippen LogP contribution in [0.3, 0.4) is 0 Å². The molecule has 0 aliphatic heterocycles. The van der Waals surface area contributed by atoms with Gasteiger partial charge in [0, 0.05) is 19.5 Å². The van der Waals surface area contributed by atoms with Gasteiger partial charge in [0.05, 0.1) is 16.6 Å². The molecule has 0 unspecified atom stereocenters. The average Bonchev–Trinajstić information content (AvgIpc) is 2.39. The van der Waals surface area contributed by atoms with E-state index in [9.17, 15) is 13.2 Å². The van der Waals surface area contributed by atoms with Crippen LogP contribution in [0.4, 0.5) is 13.2 Å². The second-order valence-electron chi connectivity index (χ2n) is 3.54. The molecule has 0 spiro atoms. The number of benzene rings is 1. The van der Waals surface area contributed by atoms with Gasteiger partial charge in [-0.3, -0.25) is 9.97 Å². The summed E-state index contributed by atoms with van der Waals surface area (Å²) in [5, 5.41) is 0.170. The summed E-state index contributed by atoms with van der Waals surface area (Å²) in [4.78, 5) is 7.68. The zero-order valence-electron chi connectivity index (χ0n) is 10.7. The first-order valence-corrected chi connectivity index (χ1v) is 6.13. The van der Waals surface area contributed by atoms with Gasteiger partial charge in [-0.1, -0.05) is 10.1 Å². The number of nitrogens with zero attached hydrogens (tertiary/aromatic N) is 2. The number of fused-ring (bicyclic) bond motifs is 1. The zero-order chi connectivity index (χ0) is 15.3. The van der Waals surface area contributed by atoms with Crippen molar-refractivity contribution in [2.45, 2.75) is 16.2 Å². The van der Waals surface area contributed by atoms with Crippen LogP contribution < -0.4 is 0 Å². The van der Waals surface area contributed by atoms with Crippen molar-refractivity contribution >= 4 is 36.3 Å². The zero-order valence-corrected chi connectivity index (χ0v) is 15.3. The van der Waals surface area contributed by atoms with Gasteiger partial charge in [-0.05, 0) is 18.2 Å². The Balaban J connectivity index is 0.000000715. The molecule has 21 heavy (non-hydrogen) atoms. The van der Waals surface area contributed by atoms with Crippen molar-refractivity contribution in [2.75, 3.05) is 13.1 Å². The Bertz CT molecular complexity index is 593. The molecule has 1 aromatic carbocycles. The first-order chi connectivity index (χ1) is 9.29. The minimum Gasteiger partial charge on any atom is -0.760 e. The van der Waals surface area contributed by atoms with Crippen molar-refractivity contribution in [2.24, 2.45) is 0 Å². The van der Waals surface area contributed by atoms with Gasteiger partial charge in [0.15, 0.2) is 0 Å². The average molecular weight is 384 g/mol. The van der Waals surface area contributed by atoms with Crippen LogP contribution >= 0.6 is 0 Å². The van der Waals surface area contributed by atoms with E-state index in [1.165, 1.54) is 6.07 Å². The van der Waals surface area contributed by atoms with Crippen LogP contribution in [-0.4, -0.2) is 23.1 Å².